The molecular formula is C30H50O2. The summed E-state index contributed by atoms with van der Waals surface area (Å²) in [5.74, 6) is 2.20. The molecule has 1 N–H and O–H groups in total. The van der Waals surface area contributed by atoms with Gasteiger partial charge in [-0.15, -0.1) is 0 Å². The van der Waals surface area contributed by atoms with Crippen LogP contribution in [0.15, 0.2) is 0 Å². The fourth-order valence-corrected chi connectivity index (χ4v) is 11.3. The second kappa shape index (κ2) is 6.86. The Morgan fingerprint density at radius 3 is 2.09 bits per heavy atom. The molecule has 5 aliphatic carbocycles. The molecule has 182 valence electrons. The monoisotopic (exact) mass is 442 g/mol. The van der Waals surface area contributed by atoms with Crippen molar-refractivity contribution in [1.82, 2.24) is 0 Å². The number of fused-ring (bicyclic) bond motifs is 7. The standard InChI is InChI=1S/C30H50O2/c1-20-21(32)8-9-22-27(20,5)11-10-23-28(22,6)15-16-29(7)24-18-25(2,3)12-13-26(24,4)14-17-30(23,29)19-31/h19-24,32H,8-18H2,1-7H3. The highest BCUT2D eigenvalue weighted by Gasteiger charge is 2.72. The van der Waals surface area contributed by atoms with Crippen molar-refractivity contribution in [1.29, 1.82) is 0 Å². The van der Waals surface area contributed by atoms with Gasteiger partial charge in [-0.05, 0) is 121 Å². The molecule has 10 unspecified atom stereocenters. The van der Waals surface area contributed by atoms with Gasteiger partial charge < -0.3 is 9.90 Å². The van der Waals surface area contributed by atoms with Crippen LogP contribution >= 0.6 is 0 Å². The van der Waals surface area contributed by atoms with Crippen LogP contribution in [0.4, 0.5) is 0 Å². The third-order valence-electron chi connectivity index (χ3n) is 13.7. The van der Waals surface area contributed by atoms with Gasteiger partial charge in [-0.2, -0.15) is 0 Å². The van der Waals surface area contributed by atoms with Crippen LogP contribution in [0.3, 0.4) is 0 Å². The minimum absolute atomic E-state index is 0.136. The summed E-state index contributed by atoms with van der Waals surface area (Å²) in [7, 11) is 0. The molecule has 0 aliphatic heterocycles. The molecular weight excluding hydrogens is 392 g/mol. The lowest BCUT2D eigenvalue weighted by Crippen LogP contribution is -2.69. The third-order valence-corrected chi connectivity index (χ3v) is 13.7. The Morgan fingerprint density at radius 2 is 1.41 bits per heavy atom. The second-order valence-corrected chi connectivity index (χ2v) is 15.2. The summed E-state index contributed by atoms with van der Waals surface area (Å²) < 4.78 is 0. The van der Waals surface area contributed by atoms with Gasteiger partial charge in [-0.1, -0.05) is 48.5 Å². The Bertz CT molecular complexity index is 788. The molecule has 0 aromatic heterocycles. The zero-order chi connectivity index (χ0) is 23.4. The van der Waals surface area contributed by atoms with Crippen LogP contribution in [0.1, 0.15) is 119 Å². The normalized spacial score (nSPS) is 59.2. The summed E-state index contributed by atoms with van der Waals surface area (Å²) in [6.07, 6.45) is 14.7. The van der Waals surface area contributed by atoms with E-state index in [0.29, 0.717) is 34.5 Å². The second-order valence-electron chi connectivity index (χ2n) is 15.2. The van der Waals surface area contributed by atoms with Crippen molar-refractivity contribution in [2.75, 3.05) is 0 Å². The number of aliphatic hydroxyl groups is 1. The van der Waals surface area contributed by atoms with Crippen molar-refractivity contribution in [3.05, 3.63) is 0 Å². The van der Waals surface area contributed by atoms with E-state index in [4.69, 9.17) is 0 Å². The maximum atomic E-state index is 13.4. The van der Waals surface area contributed by atoms with Gasteiger partial charge in [-0.25, -0.2) is 0 Å². The lowest BCUT2D eigenvalue weighted by Gasteiger charge is -2.74. The quantitative estimate of drug-likeness (QED) is 0.429. The summed E-state index contributed by atoms with van der Waals surface area (Å²) in [4.78, 5) is 13.4. The van der Waals surface area contributed by atoms with Gasteiger partial charge in [0.25, 0.3) is 0 Å². The molecule has 0 saturated heterocycles. The van der Waals surface area contributed by atoms with E-state index >= 15 is 0 Å². The number of carbonyl (C=O) groups excluding carboxylic acids is 1. The Balaban J connectivity index is 1.58. The number of aliphatic hydroxyl groups excluding tert-OH is 1. The number of aldehydes is 1. The summed E-state index contributed by atoms with van der Waals surface area (Å²) in [5.41, 5.74) is 1.25. The Kier molecular flexibility index (Phi) is 5.01. The van der Waals surface area contributed by atoms with Crippen LogP contribution in [-0.2, 0) is 4.79 Å². The predicted octanol–water partition coefficient (Wildman–Crippen LogP) is 7.43. The number of hydrogen-bond donors (Lipinski definition) is 1. The average Bonchev–Trinajstić information content (AvgIpc) is 2.73. The van der Waals surface area contributed by atoms with Gasteiger partial charge in [0.1, 0.15) is 6.29 Å². The zero-order valence-electron chi connectivity index (χ0n) is 22.1. The van der Waals surface area contributed by atoms with E-state index in [2.05, 4.69) is 48.5 Å². The van der Waals surface area contributed by atoms with Crippen molar-refractivity contribution >= 4 is 6.29 Å². The Labute approximate surface area is 197 Å². The SMILES string of the molecule is CC1C(O)CCC2C1(C)CCC1C2(C)CCC2(C)C3CC(C)(C)CCC3(C)CCC12C=O. The minimum atomic E-state index is -0.155. The van der Waals surface area contributed by atoms with Gasteiger partial charge in [0.15, 0.2) is 0 Å². The fraction of sp³-hybridized carbons (Fsp3) is 0.967. The first kappa shape index (κ1) is 23.4. The molecule has 10 atom stereocenters. The van der Waals surface area contributed by atoms with Crippen LogP contribution < -0.4 is 0 Å². The molecule has 32 heavy (non-hydrogen) atoms. The van der Waals surface area contributed by atoms with Crippen LogP contribution in [0, 0.1) is 56.2 Å². The van der Waals surface area contributed by atoms with Gasteiger partial charge in [0.05, 0.1) is 6.10 Å². The van der Waals surface area contributed by atoms with E-state index in [1.165, 1.54) is 57.7 Å². The van der Waals surface area contributed by atoms with E-state index in [1.54, 1.807) is 0 Å². The Morgan fingerprint density at radius 1 is 0.719 bits per heavy atom. The predicted molar refractivity (Wildman–Crippen MR) is 131 cm³/mol. The van der Waals surface area contributed by atoms with Crippen LogP contribution in [0.5, 0.6) is 0 Å². The molecule has 5 fully saturated rings. The van der Waals surface area contributed by atoms with E-state index in [0.717, 1.165) is 19.3 Å². The van der Waals surface area contributed by atoms with Gasteiger partial charge in [0.2, 0.25) is 0 Å². The van der Waals surface area contributed by atoms with E-state index in [-0.39, 0.29) is 27.8 Å². The first-order valence-electron chi connectivity index (χ1n) is 13.9. The van der Waals surface area contributed by atoms with E-state index in [1.807, 2.05) is 0 Å². The summed E-state index contributed by atoms with van der Waals surface area (Å²) >= 11 is 0. The van der Waals surface area contributed by atoms with Crippen molar-refractivity contribution in [2.24, 2.45) is 56.2 Å². The summed E-state index contributed by atoms with van der Waals surface area (Å²) in [6.45, 7) is 17.4. The molecule has 5 saturated carbocycles. The Hall–Kier alpha value is -0.370. The van der Waals surface area contributed by atoms with Crippen LogP contribution in [-0.4, -0.2) is 17.5 Å². The zero-order valence-corrected chi connectivity index (χ0v) is 22.1. The van der Waals surface area contributed by atoms with Crippen molar-refractivity contribution in [2.45, 2.75) is 125 Å². The molecule has 0 heterocycles. The number of rotatable bonds is 1. The molecule has 2 nitrogen and oxygen atoms in total. The first-order chi connectivity index (χ1) is 14.8. The van der Waals surface area contributed by atoms with Crippen molar-refractivity contribution in [3.63, 3.8) is 0 Å². The molecule has 2 heteroatoms. The smallest absolute Gasteiger partial charge is 0.126 e. The lowest BCUT2D eigenvalue weighted by atomic mass is 9.30. The minimum Gasteiger partial charge on any atom is -0.393 e. The highest BCUT2D eigenvalue weighted by molar-refractivity contribution is 5.63. The number of carbonyl (C=O) groups is 1. The van der Waals surface area contributed by atoms with Crippen molar-refractivity contribution in [3.8, 4) is 0 Å². The third kappa shape index (κ3) is 2.71. The van der Waals surface area contributed by atoms with Crippen LogP contribution in [0.25, 0.3) is 0 Å². The molecule has 0 aromatic rings. The highest BCUT2D eigenvalue weighted by atomic mass is 16.3. The first-order valence-corrected chi connectivity index (χ1v) is 13.9. The molecule has 5 rings (SSSR count). The topological polar surface area (TPSA) is 37.3 Å². The fourth-order valence-electron chi connectivity index (χ4n) is 11.3. The highest BCUT2D eigenvalue weighted by Crippen LogP contribution is 2.78. The lowest BCUT2D eigenvalue weighted by molar-refractivity contribution is -0.255. The molecule has 0 aromatic carbocycles. The maximum absolute atomic E-state index is 13.4. The van der Waals surface area contributed by atoms with E-state index in [9.17, 15) is 9.90 Å². The van der Waals surface area contributed by atoms with E-state index < -0.39 is 0 Å². The molecule has 0 bridgehead atoms. The van der Waals surface area contributed by atoms with Gasteiger partial charge in [0, 0.05) is 5.41 Å². The average molecular weight is 443 g/mol. The summed E-state index contributed by atoms with van der Waals surface area (Å²) in [5, 5.41) is 10.7. The van der Waals surface area contributed by atoms with Gasteiger partial charge >= 0.3 is 0 Å². The summed E-state index contributed by atoms with van der Waals surface area (Å²) in [6, 6.07) is 0. The largest absolute Gasteiger partial charge is 0.393 e. The van der Waals surface area contributed by atoms with Crippen molar-refractivity contribution < 1.29 is 9.90 Å². The molecule has 0 amide bonds. The molecule has 0 radical (unpaired) electrons. The molecule has 5 aliphatic rings. The molecule has 0 spiro atoms. The maximum Gasteiger partial charge on any atom is 0.126 e. The van der Waals surface area contributed by atoms with Crippen LogP contribution in [0.2, 0.25) is 0 Å². The number of hydrogen-bond acceptors (Lipinski definition) is 2. The van der Waals surface area contributed by atoms with Gasteiger partial charge in [-0.3, -0.25) is 0 Å².